The normalized spacial score (nSPS) is 18.4. The fraction of sp³-hybridized carbons (Fsp3) is 0.435. The Balaban J connectivity index is 1.53. The number of halogens is 4. The van der Waals surface area contributed by atoms with Crippen LogP contribution in [0.1, 0.15) is 41.6 Å². The van der Waals surface area contributed by atoms with Crippen molar-refractivity contribution in [2.24, 2.45) is 0 Å². The molecule has 0 aliphatic carbocycles. The van der Waals surface area contributed by atoms with Gasteiger partial charge in [-0.2, -0.15) is 13.2 Å². The Kier molecular flexibility index (Phi) is 6.18. The summed E-state index contributed by atoms with van der Waals surface area (Å²) in [5, 5.41) is 2.49. The molecule has 2 aliphatic rings. The van der Waals surface area contributed by atoms with E-state index in [0.717, 1.165) is 44.1 Å². The van der Waals surface area contributed by atoms with E-state index in [4.69, 9.17) is 0 Å². The van der Waals surface area contributed by atoms with E-state index in [1.807, 2.05) is 4.90 Å². The van der Waals surface area contributed by atoms with Crippen molar-refractivity contribution in [3.63, 3.8) is 0 Å². The third-order valence-electron chi connectivity index (χ3n) is 6.08. The quantitative estimate of drug-likeness (QED) is 0.674. The van der Waals surface area contributed by atoms with Gasteiger partial charge in [0, 0.05) is 36.1 Å². The summed E-state index contributed by atoms with van der Waals surface area (Å²) in [6, 6.07) is 9.13. The highest BCUT2D eigenvalue weighted by atomic mass is 19.4. The Morgan fingerprint density at radius 2 is 1.68 bits per heavy atom. The van der Waals surface area contributed by atoms with Crippen LogP contribution in [0.3, 0.4) is 0 Å². The number of rotatable bonds is 4. The molecule has 1 N–H and O–H groups in total. The summed E-state index contributed by atoms with van der Waals surface area (Å²) in [5.41, 5.74) is -0.295. The van der Waals surface area contributed by atoms with Gasteiger partial charge < -0.3 is 15.1 Å². The number of piperidine rings is 1. The minimum atomic E-state index is -4.54. The molecule has 0 spiro atoms. The zero-order valence-electron chi connectivity index (χ0n) is 17.1. The molecule has 2 aliphatic heterocycles. The number of nitrogens with zero attached hydrogens (tertiary/aromatic N) is 2. The van der Waals surface area contributed by atoms with E-state index in [2.05, 4.69) is 10.2 Å². The van der Waals surface area contributed by atoms with Gasteiger partial charge in [0.1, 0.15) is 5.82 Å². The van der Waals surface area contributed by atoms with Gasteiger partial charge in [-0.15, -0.1) is 0 Å². The van der Waals surface area contributed by atoms with Gasteiger partial charge >= 0.3 is 6.18 Å². The summed E-state index contributed by atoms with van der Waals surface area (Å²) in [5.74, 6) is -1.24. The number of carbonyl (C=O) groups excluding carboxylic acids is 1. The molecule has 2 aromatic rings. The second kappa shape index (κ2) is 8.86. The number of carbonyl (C=O) groups is 1. The largest absolute Gasteiger partial charge is 0.416 e. The van der Waals surface area contributed by atoms with Crippen LogP contribution in [0.5, 0.6) is 0 Å². The van der Waals surface area contributed by atoms with Crippen LogP contribution in [0, 0.1) is 5.82 Å². The van der Waals surface area contributed by atoms with E-state index in [-0.39, 0.29) is 11.3 Å². The highest BCUT2D eigenvalue weighted by Gasteiger charge is 2.33. The van der Waals surface area contributed by atoms with Gasteiger partial charge in [-0.25, -0.2) is 4.39 Å². The molecule has 1 amide bonds. The van der Waals surface area contributed by atoms with Crippen molar-refractivity contribution in [2.45, 2.75) is 37.9 Å². The predicted octanol–water partition coefficient (Wildman–Crippen LogP) is 5.16. The van der Waals surface area contributed by atoms with Gasteiger partial charge in [0.2, 0.25) is 0 Å². The Hall–Kier alpha value is -2.61. The minimum Gasteiger partial charge on any atom is -0.371 e. The van der Waals surface area contributed by atoms with Crippen LogP contribution in [-0.4, -0.2) is 43.0 Å². The fourth-order valence-corrected chi connectivity index (χ4v) is 4.46. The summed E-state index contributed by atoms with van der Waals surface area (Å²) >= 11 is 0. The molecule has 2 fully saturated rings. The highest BCUT2D eigenvalue weighted by Crippen LogP contribution is 2.36. The van der Waals surface area contributed by atoms with Crippen LogP contribution in [0.2, 0.25) is 0 Å². The first-order valence-electron chi connectivity index (χ1n) is 10.6. The number of amides is 1. The lowest BCUT2D eigenvalue weighted by molar-refractivity contribution is -0.137. The standard InChI is InChI=1S/C23H25F4N3O/c24-18-5-3-4-16(12-18)22(31)28-19-13-17(23(25,26)27)14-21(15-19)30-10-6-20(7-11-30)29-8-1-2-9-29/h3-5,12-15,20H,1-2,6-11H2,(H,28,31). The monoisotopic (exact) mass is 435 g/mol. The van der Waals surface area contributed by atoms with E-state index in [1.54, 1.807) is 6.07 Å². The smallest absolute Gasteiger partial charge is 0.371 e. The third kappa shape index (κ3) is 5.18. The van der Waals surface area contributed by atoms with Crippen LogP contribution in [0.15, 0.2) is 42.5 Å². The van der Waals surface area contributed by atoms with Gasteiger partial charge in [-0.05, 0) is 75.2 Å². The summed E-state index contributed by atoms with van der Waals surface area (Å²) in [6.45, 7) is 3.54. The van der Waals surface area contributed by atoms with Crippen molar-refractivity contribution in [1.29, 1.82) is 0 Å². The Bertz CT molecular complexity index is 933. The molecule has 0 unspecified atom stereocenters. The molecule has 31 heavy (non-hydrogen) atoms. The molecule has 4 nitrogen and oxygen atoms in total. The van der Waals surface area contributed by atoms with Crippen molar-refractivity contribution in [3.8, 4) is 0 Å². The third-order valence-corrected chi connectivity index (χ3v) is 6.08. The molecule has 0 saturated carbocycles. The van der Waals surface area contributed by atoms with Gasteiger partial charge in [0.15, 0.2) is 0 Å². The number of alkyl halides is 3. The number of benzene rings is 2. The molecular weight excluding hydrogens is 410 g/mol. The maximum absolute atomic E-state index is 13.5. The molecule has 0 atom stereocenters. The van der Waals surface area contributed by atoms with Crippen LogP contribution in [0.4, 0.5) is 28.9 Å². The van der Waals surface area contributed by atoms with Crippen molar-refractivity contribution in [2.75, 3.05) is 36.4 Å². The SMILES string of the molecule is O=C(Nc1cc(N2CCC(N3CCCC3)CC2)cc(C(F)(F)F)c1)c1cccc(F)c1. The number of anilines is 2. The molecule has 2 heterocycles. The predicted molar refractivity (Wildman–Crippen MR) is 112 cm³/mol. The van der Waals surface area contributed by atoms with Gasteiger partial charge in [0.25, 0.3) is 5.91 Å². The van der Waals surface area contributed by atoms with Crippen LogP contribution >= 0.6 is 0 Å². The van der Waals surface area contributed by atoms with Crippen LogP contribution < -0.4 is 10.2 Å². The molecule has 0 radical (unpaired) electrons. The first kappa shape index (κ1) is 21.6. The van der Waals surface area contributed by atoms with E-state index in [1.165, 1.54) is 31.0 Å². The molecule has 0 aromatic heterocycles. The second-order valence-electron chi connectivity index (χ2n) is 8.19. The molecule has 8 heteroatoms. The first-order chi connectivity index (χ1) is 14.8. The lowest BCUT2D eigenvalue weighted by atomic mass is 10.0. The summed E-state index contributed by atoms with van der Waals surface area (Å²) in [7, 11) is 0. The van der Waals surface area contributed by atoms with Gasteiger partial charge in [-0.3, -0.25) is 4.79 Å². The van der Waals surface area contributed by atoms with Crippen molar-refractivity contribution in [3.05, 3.63) is 59.4 Å². The molecule has 166 valence electrons. The fourth-order valence-electron chi connectivity index (χ4n) is 4.46. The topological polar surface area (TPSA) is 35.6 Å². The number of nitrogens with one attached hydrogen (secondary N) is 1. The molecule has 4 rings (SSSR count). The van der Waals surface area contributed by atoms with E-state index < -0.39 is 23.5 Å². The highest BCUT2D eigenvalue weighted by molar-refractivity contribution is 6.04. The zero-order chi connectivity index (χ0) is 22.0. The molecule has 2 saturated heterocycles. The lowest BCUT2D eigenvalue weighted by Gasteiger charge is -2.38. The molecule has 0 bridgehead atoms. The average Bonchev–Trinajstić information content (AvgIpc) is 3.28. The van der Waals surface area contributed by atoms with Gasteiger partial charge in [-0.1, -0.05) is 6.07 Å². The summed E-state index contributed by atoms with van der Waals surface area (Å²) in [4.78, 5) is 16.9. The average molecular weight is 435 g/mol. The van der Waals surface area contributed by atoms with Crippen molar-refractivity contribution < 1.29 is 22.4 Å². The molecule has 2 aromatic carbocycles. The number of hydrogen-bond donors (Lipinski definition) is 1. The summed E-state index contributed by atoms with van der Waals surface area (Å²) < 4.78 is 53.9. The first-order valence-corrected chi connectivity index (χ1v) is 10.6. The van der Waals surface area contributed by atoms with Crippen molar-refractivity contribution >= 4 is 17.3 Å². The van der Waals surface area contributed by atoms with E-state index in [0.29, 0.717) is 24.8 Å². The maximum atomic E-state index is 13.5. The van der Waals surface area contributed by atoms with Crippen LogP contribution in [0.25, 0.3) is 0 Å². The number of hydrogen-bond acceptors (Lipinski definition) is 3. The summed E-state index contributed by atoms with van der Waals surface area (Å²) in [6.07, 6.45) is -0.310. The second-order valence-corrected chi connectivity index (χ2v) is 8.19. The zero-order valence-corrected chi connectivity index (χ0v) is 17.1. The van der Waals surface area contributed by atoms with E-state index in [9.17, 15) is 22.4 Å². The lowest BCUT2D eigenvalue weighted by Crippen LogP contribution is -2.43. The van der Waals surface area contributed by atoms with E-state index >= 15 is 0 Å². The Labute approximate surface area is 178 Å². The minimum absolute atomic E-state index is 0.0424. The number of likely N-dealkylation sites (tertiary alicyclic amines) is 1. The van der Waals surface area contributed by atoms with Crippen LogP contribution in [-0.2, 0) is 6.18 Å². The Morgan fingerprint density at radius 1 is 0.968 bits per heavy atom. The Morgan fingerprint density at radius 3 is 2.32 bits per heavy atom. The van der Waals surface area contributed by atoms with Gasteiger partial charge in [0.05, 0.1) is 5.56 Å². The molecular formula is C23H25F4N3O. The van der Waals surface area contributed by atoms with Crippen molar-refractivity contribution in [1.82, 2.24) is 4.90 Å². The maximum Gasteiger partial charge on any atom is 0.416 e.